The molecule has 1 atom stereocenters. The number of anilines is 1. The van der Waals surface area contributed by atoms with Gasteiger partial charge in [-0.15, -0.1) is 5.10 Å². The summed E-state index contributed by atoms with van der Waals surface area (Å²) in [4.78, 5) is 15.9. The van der Waals surface area contributed by atoms with Crippen molar-refractivity contribution < 1.29 is 4.79 Å². The summed E-state index contributed by atoms with van der Waals surface area (Å²) in [7, 11) is 0. The van der Waals surface area contributed by atoms with E-state index in [1.54, 1.807) is 16.0 Å². The van der Waals surface area contributed by atoms with E-state index in [0.29, 0.717) is 5.95 Å². The van der Waals surface area contributed by atoms with Gasteiger partial charge in [-0.05, 0) is 32.8 Å². The van der Waals surface area contributed by atoms with Gasteiger partial charge < -0.3 is 0 Å². The summed E-state index contributed by atoms with van der Waals surface area (Å²) in [5, 5.41) is 23.9. The fourth-order valence-electron chi connectivity index (χ4n) is 1.76. The second kappa shape index (κ2) is 5.57. The molecular weight excluding hydrogens is 280 g/mol. The number of aromatic amines is 1. The first kappa shape index (κ1) is 12.4. The minimum absolute atomic E-state index is 0.197. The average Bonchev–Trinajstić information content (AvgIpc) is 3.18. The van der Waals surface area contributed by atoms with Crippen LogP contribution in [0.15, 0.2) is 29.5 Å². The monoisotopic (exact) mass is 290 g/mol. The molecule has 0 aliphatic carbocycles. The van der Waals surface area contributed by atoms with Gasteiger partial charge in [0, 0.05) is 0 Å². The van der Waals surface area contributed by atoms with Crippen molar-refractivity contribution in [1.82, 2.24) is 35.4 Å². The van der Waals surface area contributed by atoms with Gasteiger partial charge in [-0.2, -0.15) is 21.4 Å². The molecule has 0 radical (unpaired) electrons. The summed E-state index contributed by atoms with van der Waals surface area (Å²) in [6.07, 6.45) is 3.01. The molecule has 2 N–H and O–H groups in total. The first-order valence-electron chi connectivity index (χ1n) is 5.72. The lowest BCUT2D eigenvalue weighted by molar-refractivity contribution is -0.116. The second-order valence-electron chi connectivity index (χ2n) is 3.95. The van der Waals surface area contributed by atoms with Gasteiger partial charge in [-0.1, -0.05) is 0 Å². The third kappa shape index (κ3) is 2.69. The average molecular weight is 290 g/mol. The Balaban J connectivity index is 1.75. The molecule has 10 heteroatoms. The Hall–Kier alpha value is -2.62. The minimum atomic E-state index is -0.251. The van der Waals surface area contributed by atoms with Gasteiger partial charge in [0.05, 0.1) is 12.5 Å². The van der Waals surface area contributed by atoms with Crippen LogP contribution in [0.3, 0.4) is 0 Å². The lowest BCUT2D eigenvalue weighted by Crippen LogP contribution is -2.21. The van der Waals surface area contributed by atoms with E-state index in [9.17, 15) is 4.79 Å². The summed E-state index contributed by atoms with van der Waals surface area (Å²) >= 11 is 1.56. The quantitative estimate of drug-likeness (QED) is 0.706. The van der Waals surface area contributed by atoms with E-state index < -0.39 is 0 Å². The number of amides is 1. The molecule has 20 heavy (non-hydrogen) atoms. The van der Waals surface area contributed by atoms with Gasteiger partial charge >= 0.3 is 0 Å². The number of H-pyrrole nitrogens is 1. The van der Waals surface area contributed by atoms with Crippen molar-refractivity contribution in [2.24, 2.45) is 0 Å². The van der Waals surface area contributed by atoms with Gasteiger partial charge in [-0.3, -0.25) is 10.1 Å². The fourth-order valence-corrected chi connectivity index (χ4v) is 2.47. The maximum atomic E-state index is 12.0. The van der Waals surface area contributed by atoms with Crippen LogP contribution in [0.1, 0.15) is 18.0 Å². The molecule has 0 spiro atoms. The van der Waals surface area contributed by atoms with Gasteiger partial charge in [0.25, 0.3) is 0 Å². The molecule has 3 heterocycles. The number of hydrogen-bond acceptors (Lipinski definition) is 7. The number of rotatable bonds is 5. The highest BCUT2D eigenvalue weighted by molar-refractivity contribution is 7.07. The highest BCUT2D eigenvalue weighted by atomic mass is 32.1. The highest BCUT2D eigenvalue weighted by Crippen LogP contribution is 2.23. The number of aromatic nitrogens is 7. The standard InChI is InChI=1S/C10H10N8OS/c19-9(14-10-11-5-12-15-10)3-8(7-1-2-20-4-7)18-6-13-16-17-18/h1-2,4-6,8H,3H2,(H2,11,12,14,15,19). The summed E-state index contributed by atoms with van der Waals surface area (Å²) in [5.41, 5.74) is 0.981. The smallest absolute Gasteiger partial charge is 0.229 e. The molecule has 0 fully saturated rings. The number of nitrogens with one attached hydrogen (secondary N) is 2. The largest absolute Gasteiger partial charge is 0.295 e. The van der Waals surface area contributed by atoms with E-state index in [0.717, 1.165) is 5.56 Å². The Bertz CT molecular complexity index is 613. The maximum Gasteiger partial charge on any atom is 0.229 e. The molecule has 3 aromatic rings. The molecule has 3 rings (SSSR count). The van der Waals surface area contributed by atoms with Gasteiger partial charge in [0.15, 0.2) is 0 Å². The Morgan fingerprint density at radius 1 is 1.55 bits per heavy atom. The molecule has 0 bridgehead atoms. The predicted molar refractivity (Wildman–Crippen MR) is 69.9 cm³/mol. The molecule has 1 amide bonds. The van der Waals surface area contributed by atoms with E-state index in [1.807, 2.05) is 16.8 Å². The van der Waals surface area contributed by atoms with Crippen LogP contribution >= 0.6 is 11.3 Å². The van der Waals surface area contributed by atoms with Gasteiger partial charge in [0.2, 0.25) is 11.9 Å². The summed E-state index contributed by atoms with van der Waals surface area (Å²) < 4.78 is 1.56. The Morgan fingerprint density at radius 2 is 2.50 bits per heavy atom. The van der Waals surface area contributed by atoms with Crippen LogP contribution in [0.5, 0.6) is 0 Å². The highest BCUT2D eigenvalue weighted by Gasteiger charge is 2.20. The molecule has 3 aromatic heterocycles. The van der Waals surface area contributed by atoms with Crippen LogP contribution in [0.2, 0.25) is 0 Å². The lowest BCUT2D eigenvalue weighted by atomic mass is 10.1. The first-order valence-corrected chi connectivity index (χ1v) is 6.67. The first-order chi connectivity index (χ1) is 9.83. The lowest BCUT2D eigenvalue weighted by Gasteiger charge is -2.14. The topological polar surface area (TPSA) is 114 Å². The molecule has 0 aromatic carbocycles. The van der Waals surface area contributed by atoms with Gasteiger partial charge in [0.1, 0.15) is 12.7 Å². The Labute approximate surface area is 117 Å². The van der Waals surface area contributed by atoms with Crippen LogP contribution in [0, 0.1) is 0 Å². The van der Waals surface area contributed by atoms with Crippen molar-refractivity contribution >= 4 is 23.2 Å². The normalized spacial score (nSPS) is 12.2. The minimum Gasteiger partial charge on any atom is -0.295 e. The number of carbonyl (C=O) groups excluding carboxylic acids is 1. The number of hydrogen-bond donors (Lipinski definition) is 2. The van der Waals surface area contributed by atoms with Crippen molar-refractivity contribution in [2.45, 2.75) is 12.5 Å². The van der Waals surface area contributed by atoms with Crippen molar-refractivity contribution in [1.29, 1.82) is 0 Å². The molecule has 9 nitrogen and oxygen atoms in total. The van der Waals surface area contributed by atoms with Gasteiger partial charge in [-0.25, -0.2) is 9.78 Å². The zero-order chi connectivity index (χ0) is 13.8. The summed E-state index contributed by atoms with van der Waals surface area (Å²) in [6.45, 7) is 0. The molecule has 0 saturated heterocycles. The summed E-state index contributed by atoms with van der Waals surface area (Å²) in [6, 6.07) is 1.69. The maximum absolute atomic E-state index is 12.0. The van der Waals surface area contributed by atoms with E-state index in [2.05, 4.69) is 36.0 Å². The SMILES string of the molecule is O=C(CC(c1ccsc1)n1cnnn1)Nc1ncn[nH]1. The van der Waals surface area contributed by atoms with Crippen LogP contribution in [-0.4, -0.2) is 41.3 Å². The molecule has 0 aliphatic heterocycles. The molecule has 0 aliphatic rings. The third-order valence-electron chi connectivity index (χ3n) is 2.66. The van der Waals surface area contributed by atoms with E-state index >= 15 is 0 Å². The number of thiophene rings is 1. The van der Waals surface area contributed by atoms with Crippen LogP contribution in [-0.2, 0) is 4.79 Å². The van der Waals surface area contributed by atoms with Crippen molar-refractivity contribution in [3.63, 3.8) is 0 Å². The zero-order valence-electron chi connectivity index (χ0n) is 10.2. The Kier molecular flexibility index (Phi) is 3.46. The van der Waals surface area contributed by atoms with E-state index in [4.69, 9.17) is 0 Å². The number of tetrazole rings is 1. The van der Waals surface area contributed by atoms with Crippen molar-refractivity contribution in [2.75, 3.05) is 5.32 Å². The van der Waals surface area contributed by atoms with Crippen LogP contribution < -0.4 is 5.32 Å². The van der Waals surface area contributed by atoms with E-state index in [-0.39, 0.29) is 18.4 Å². The van der Waals surface area contributed by atoms with Crippen LogP contribution in [0.4, 0.5) is 5.95 Å². The van der Waals surface area contributed by atoms with Crippen molar-refractivity contribution in [3.8, 4) is 0 Å². The number of nitrogens with zero attached hydrogens (tertiary/aromatic N) is 6. The van der Waals surface area contributed by atoms with E-state index in [1.165, 1.54) is 12.7 Å². The van der Waals surface area contributed by atoms with Crippen LogP contribution in [0.25, 0.3) is 0 Å². The van der Waals surface area contributed by atoms with Crippen molar-refractivity contribution in [3.05, 3.63) is 35.0 Å². The fraction of sp³-hybridized carbons (Fsp3) is 0.200. The molecule has 1 unspecified atom stereocenters. The second-order valence-corrected chi connectivity index (χ2v) is 4.73. The molecular formula is C10H10N8OS. The third-order valence-corrected chi connectivity index (χ3v) is 3.37. The number of carbonyl (C=O) groups is 1. The predicted octanol–water partition coefficient (Wildman–Crippen LogP) is 0.471. The molecule has 0 saturated carbocycles. The molecule has 102 valence electrons. The zero-order valence-corrected chi connectivity index (χ0v) is 11.0. The summed E-state index contributed by atoms with van der Waals surface area (Å²) in [5.74, 6) is 0.115. The Morgan fingerprint density at radius 3 is 3.15 bits per heavy atom.